The third kappa shape index (κ3) is 2.57. The zero-order chi connectivity index (χ0) is 12.5. The first-order valence-electron chi connectivity index (χ1n) is 5.87. The Balaban J connectivity index is 2.41. The standard InChI is InChI=1S/C15H19OP/c1-12-4-8-14(9-5-12)17(3,16)15-10-6-13(2)7-11-15/h4-11,16-17H,1-3H3. The van der Waals surface area contributed by atoms with E-state index in [1.54, 1.807) is 0 Å². The normalized spacial score (nSPS) is 12.5. The van der Waals surface area contributed by atoms with E-state index in [-0.39, 0.29) is 0 Å². The topological polar surface area (TPSA) is 20.2 Å². The zero-order valence-corrected chi connectivity index (χ0v) is 11.6. The van der Waals surface area contributed by atoms with Gasteiger partial charge in [0.2, 0.25) is 0 Å². The fraction of sp³-hybridized carbons (Fsp3) is 0.200. The van der Waals surface area contributed by atoms with Gasteiger partial charge in [0.15, 0.2) is 0 Å². The molecule has 0 fully saturated rings. The predicted octanol–water partition coefficient (Wildman–Crippen LogP) is 2.54. The van der Waals surface area contributed by atoms with E-state index < -0.39 is 7.49 Å². The van der Waals surface area contributed by atoms with Gasteiger partial charge in [-0.15, -0.1) is 0 Å². The van der Waals surface area contributed by atoms with Gasteiger partial charge in [0.1, 0.15) is 0 Å². The van der Waals surface area contributed by atoms with Crippen LogP contribution in [-0.4, -0.2) is 11.6 Å². The van der Waals surface area contributed by atoms with Crippen LogP contribution >= 0.6 is 7.49 Å². The summed E-state index contributed by atoms with van der Waals surface area (Å²) in [5.74, 6) is 0. The van der Waals surface area contributed by atoms with Gasteiger partial charge in [0.05, 0.1) is 0 Å². The van der Waals surface area contributed by atoms with E-state index in [4.69, 9.17) is 0 Å². The molecule has 0 atom stereocenters. The van der Waals surface area contributed by atoms with Crippen molar-refractivity contribution in [1.29, 1.82) is 0 Å². The molecule has 90 valence electrons. The van der Waals surface area contributed by atoms with Crippen LogP contribution in [0.3, 0.4) is 0 Å². The average Bonchev–Trinajstić information content (AvgIpc) is 2.30. The first-order valence-corrected chi connectivity index (χ1v) is 8.31. The third-order valence-electron chi connectivity index (χ3n) is 3.23. The van der Waals surface area contributed by atoms with Crippen molar-refractivity contribution in [2.75, 3.05) is 6.66 Å². The summed E-state index contributed by atoms with van der Waals surface area (Å²) < 4.78 is 0. The first kappa shape index (κ1) is 12.3. The molecule has 1 nitrogen and oxygen atoms in total. The van der Waals surface area contributed by atoms with Gasteiger partial charge in [0, 0.05) is 0 Å². The van der Waals surface area contributed by atoms with E-state index in [1.165, 1.54) is 11.1 Å². The molecule has 0 aliphatic rings. The Hall–Kier alpha value is -1.17. The summed E-state index contributed by atoms with van der Waals surface area (Å²) in [6.45, 7) is 6.10. The molecule has 0 radical (unpaired) electrons. The van der Waals surface area contributed by atoms with E-state index in [9.17, 15) is 4.89 Å². The van der Waals surface area contributed by atoms with Crippen LogP contribution in [0.2, 0.25) is 0 Å². The zero-order valence-electron chi connectivity index (χ0n) is 10.6. The predicted molar refractivity (Wildman–Crippen MR) is 78.1 cm³/mol. The summed E-state index contributed by atoms with van der Waals surface area (Å²) in [6, 6.07) is 16.4. The molecule has 0 saturated carbocycles. The van der Waals surface area contributed by atoms with Crippen molar-refractivity contribution in [3.8, 4) is 0 Å². The van der Waals surface area contributed by atoms with Gasteiger partial charge in [-0.1, -0.05) is 0 Å². The van der Waals surface area contributed by atoms with Crippen LogP contribution in [0.15, 0.2) is 48.5 Å². The molecule has 0 aromatic heterocycles. The molecule has 0 aliphatic carbocycles. The second kappa shape index (κ2) is 4.60. The maximum atomic E-state index is 10.8. The number of rotatable bonds is 2. The summed E-state index contributed by atoms with van der Waals surface area (Å²) >= 11 is 0. The molecule has 0 bridgehead atoms. The van der Waals surface area contributed by atoms with Crippen LogP contribution < -0.4 is 10.6 Å². The van der Waals surface area contributed by atoms with E-state index in [0.29, 0.717) is 0 Å². The third-order valence-corrected chi connectivity index (χ3v) is 6.14. The van der Waals surface area contributed by atoms with E-state index in [2.05, 4.69) is 38.1 Å². The van der Waals surface area contributed by atoms with Gasteiger partial charge in [-0.2, -0.15) is 0 Å². The Morgan fingerprint density at radius 1 is 0.706 bits per heavy atom. The first-order chi connectivity index (χ1) is 8.00. The molecule has 2 aromatic rings. The second-order valence-electron chi connectivity index (χ2n) is 4.80. The van der Waals surface area contributed by atoms with Crippen molar-refractivity contribution in [3.63, 3.8) is 0 Å². The molecule has 0 spiro atoms. The van der Waals surface area contributed by atoms with Crippen LogP contribution in [0.25, 0.3) is 0 Å². The number of hydrogen-bond donors (Lipinski definition) is 1. The number of benzene rings is 2. The van der Waals surface area contributed by atoms with E-state index in [1.807, 2.05) is 30.9 Å². The van der Waals surface area contributed by atoms with Crippen molar-refractivity contribution >= 4 is 18.1 Å². The molecule has 0 saturated heterocycles. The van der Waals surface area contributed by atoms with Gasteiger partial charge in [-0.3, -0.25) is 0 Å². The van der Waals surface area contributed by atoms with Gasteiger partial charge in [0.25, 0.3) is 0 Å². The Labute approximate surface area is 104 Å². The molecule has 0 amide bonds. The Morgan fingerprint density at radius 3 is 1.29 bits per heavy atom. The minimum atomic E-state index is -2.50. The maximum absolute atomic E-state index is 10.8. The monoisotopic (exact) mass is 246 g/mol. The summed E-state index contributed by atoms with van der Waals surface area (Å²) in [5, 5.41) is 2.12. The van der Waals surface area contributed by atoms with E-state index in [0.717, 1.165) is 10.6 Å². The number of aryl methyl sites for hydroxylation is 2. The molecule has 0 heterocycles. The van der Waals surface area contributed by atoms with Crippen LogP contribution in [-0.2, 0) is 0 Å². The van der Waals surface area contributed by atoms with Crippen LogP contribution in [0.5, 0.6) is 0 Å². The van der Waals surface area contributed by atoms with Crippen molar-refractivity contribution in [3.05, 3.63) is 59.7 Å². The summed E-state index contributed by atoms with van der Waals surface area (Å²) in [4.78, 5) is 10.8. The molecule has 2 rings (SSSR count). The SMILES string of the molecule is Cc1ccc([PH](C)(O)c2ccc(C)cc2)cc1. The second-order valence-corrected chi connectivity index (χ2v) is 8.10. The molecule has 0 unspecified atom stereocenters. The van der Waals surface area contributed by atoms with Crippen LogP contribution in [0, 0.1) is 13.8 Å². The van der Waals surface area contributed by atoms with Gasteiger partial charge in [-0.25, -0.2) is 0 Å². The van der Waals surface area contributed by atoms with Crippen molar-refractivity contribution in [2.24, 2.45) is 0 Å². The molecular weight excluding hydrogens is 227 g/mol. The average molecular weight is 246 g/mol. The van der Waals surface area contributed by atoms with Crippen LogP contribution in [0.4, 0.5) is 0 Å². The molecule has 2 aromatic carbocycles. The fourth-order valence-electron chi connectivity index (χ4n) is 1.92. The van der Waals surface area contributed by atoms with Crippen molar-refractivity contribution in [1.82, 2.24) is 0 Å². The Morgan fingerprint density at radius 2 is 1.00 bits per heavy atom. The van der Waals surface area contributed by atoms with E-state index >= 15 is 0 Å². The molecule has 2 heteroatoms. The summed E-state index contributed by atoms with van der Waals surface area (Å²) in [7, 11) is -2.50. The molecule has 1 N–H and O–H groups in total. The van der Waals surface area contributed by atoms with Gasteiger partial charge in [-0.05, 0) is 0 Å². The quantitative estimate of drug-likeness (QED) is 0.807. The van der Waals surface area contributed by atoms with Gasteiger partial charge >= 0.3 is 103 Å². The Kier molecular flexibility index (Phi) is 3.33. The van der Waals surface area contributed by atoms with Crippen molar-refractivity contribution in [2.45, 2.75) is 13.8 Å². The molecule has 17 heavy (non-hydrogen) atoms. The van der Waals surface area contributed by atoms with Gasteiger partial charge < -0.3 is 0 Å². The Bertz CT molecular complexity index is 450. The number of hydrogen-bond acceptors (Lipinski definition) is 1. The minimum absolute atomic E-state index is 1.06. The van der Waals surface area contributed by atoms with Crippen LogP contribution in [0.1, 0.15) is 11.1 Å². The molecular formula is C15H19OP. The fourth-order valence-corrected chi connectivity index (χ4v) is 3.89. The summed E-state index contributed by atoms with van der Waals surface area (Å²) in [6.07, 6.45) is 0. The van der Waals surface area contributed by atoms with Crippen molar-refractivity contribution < 1.29 is 4.89 Å². The summed E-state index contributed by atoms with van der Waals surface area (Å²) in [5.41, 5.74) is 2.45. The molecule has 0 aliphatic heterocycles.